The molecule has 168 valence electrons. The maximum absolute atomic E-state index is 13.2. The second-order valence-corrected chi connectivity index (χ2v) is 9.73. The van der Waals surface area contributed by atoms with E-state index in [1.54, 1.807) is 41.5 Å². The molecule has 1 atom stereocenters. The van der Waals surface area contributed by atoms with E-state index < -0.39 is 6.04 Å². The number of hydrogen-bond acceptors (Lipinski definition) is 4. The smallest absolute Gasteiger partial charge is 0.270 e. The van der Waals surface area contributed by atoms with Gasteiger partial charge in [0, 0.05) is 31.2 Å². The average molecular weight is 459 g/mol. The first-order valence-corrected chi connectivity index (χ1v) is 12.0. The molecule has 2 amide bonds. The van der Waals surface area contributed by atoms with Gasteiger partial charge in [0.2, 0.25) is 5.91 Å². The highest BCUT2D eigenvalue weighted by atomic mass is 32.2. The normalized spacial score (nSPS) is 17.0. The number of carbonyl (C=O) groups is 2. The van der Waals surface area contributed by atoms with Gasteiger partial charge in [-0.25, -0.2) is 0 Å². The lowest BCUT2D eigenvalue weighted by Crippen LogP contribution is -2.48. The van der Waals surface area contributed by atoms with Crippen LogP contribution in [0.15, 0.2) is 53.4 Å². The van der Waals surface area contributed by atoms with E-state index in [0.717, 1.165) is 33.8 Å². The van der Waals surface area contributed by atoms with Crippen LogP contribution in [0.25, 0.3) is 6.08 Å². The summed E-state index contributed by atoms with van der Waals surface area (Å²) in [6.07, 6.45) is 5.81. The third-order valence-electron chi connectivity index (χ3n) is 6.23. The molecule has 1 aromatic heterocycles. The van der Waals surface area contributed by atoms with Gasteiger partial charge in [0.05, 0.1) is 11.4 Å². The largest absolute Gasteiger partial charge is 0.338 e. The Morgan fingerprint density at radius 2 is 1.97 bits per heavy atom. The Labute approximate surface area is 197 Å². The van der Waals surface area contributed by atoms with Crippen molar-refractivity contribution in [1.29, 1.82) is 0 Å². The van der Waals surface area contributed by atoms with Gasteiger partial charge in [-0.3, -0.25) is 14.3 Å². The number of rotatable bonds is 4. The van der Waals surface area contributed by atoms with Gasteiger partial charge >= 0.3 is 0 Å². The molecule has 0 spiro atoms. The molecule has 2 aromatic carbocycles. The number of aryl methyl sites for hydroxylation is 2. The first kappa shape index (κ1) is 21.5. The molecule has 0 saturated heterocycles. The Morgan fingerprint density at radius 1 is 1.18 bits per heavy atom. The number of thioether (sulfide) groups is 1. The van der Waals surface area contributed by atoms with Crippen LogP contribution in [0.1, 0.15) is 38.4 Å². The SMILES string of the molecule is Cc1ccc(Cc2cc(C(=O)N[C@H]3CSc4cc5c(cc4N(C)C3=O)C=CC5)n(C)n2)cc1. The van der Waals surface area contributed by atoms with Gasteiger partial charge in [-0.1, -0.05) is 42.0 Å². The summed E-state index contributed by atoms with van der Waals surface area (Å²) in [6, 6.07) is 13.7. The van der Waals surface area contributed by atoms with Crippen LogP contribution < -0.4 is 10.2 Å². The molecule has 6 nitrogen and oxygen atoms in total. The number of benzene rings is 2. The predicted octanol–water partition coefficient (Wildman–Crippen LogP) is 3.76. The Kier molecular flexibility index (Phi) is 5.58. The van der Waals surface area contributed by atoms with Gasteiger partial charge in [0.25, 0.3) is 5.91 Å². The lowest BCUT2D eigenvalue weighted by Gasteiger charge is -2.22. The van der Waals surface area contributed by atoms with E-state index in [0.29, 0.717) is 17.9 Å². The Balaban J connectivity index is 1.31. The van der Waals surface area contributed by atoms with Crippen molar-refractivity contribution in [1.82, 2.24) is 15.1 Å². The van der Waals surface area contributed by atoms with Gasteiger partial charge < -0.3 is 10.2 Å². The maximum atomic E-state index is 13.2. The highest BCUT2D eigenvalue weighted by Gasteiger charge is 2.31. The molecule has 1 aliphatic heterocycles. The summed E-state index contributed by atoms with van der Waals surface area (Å²) in [6.45, 7) is 2.06. The molecule has 0 bridgehead atoms. The van der Waals surface area contributed by atoms with Crippen molar-refractivity contribution >= 4 is 35.3 Å². The van der Waals surface area contributed by atoms with E-state index in [1.165, 1.54) is 11.1 Å². The second-order valence-electron chi connectivity index (χ2n) is 8.67. The number of likely N-dealkylation sites (N-methyl/N-ethyl adjacent to an activating group) is 1. The van der Waals surface area contributed by atoms with Gasteiger partial charge in [-0.2, -0.15) is 5.10 Å². The molecule has 0 fully saturated rings. The molecular weight excluding hydrogens is 432 g/mol. The number of anilines is 1. The summed E-state index contributed by atoms with van der Waals surface area (Å²) >= 11 is 1.61. The molecule has 0 unspecified atom stereocenters. The number of hydrogen-bond donors (Lipinski definition) is 1. The van der Waals surface area contributed by atoms with Crippen molar-refractivity contribution in [2.75, 3.05) is 17.7 Å². The fraction of sp³-hybridized carbons (Fsp3) is 0.269. The summed E-state index contributed by atoms with van der Waals surface area (Å²) in [5, 5.41) is 7.46. The van der Waals surface area contributed by atoms with E-state index in [4.69, 9.17) is 0 Å². The fourth-order valence-corrected chi connectivity index (χ4v) is 5.46. The van der Waals surface area contributed by atoms with Crippen LogP contribution >= 0.6 is 11.8 Å². The second kappa shape index (κ2) is 8.56. The number of carbonyl (C=O) groups excluding carboxylic acids is 2. The first-order chi connectivity index (χ1) is 15.9. The molecule has 1 aliphatic carbocycles. The van der Waals surface area contributed by atoms with Crippen LogP contribution in [0.4, 0.5) is 5.69 Å². The van der Waals surface area contributed by atoms with Crippen LogP contribution in [0, 0.1) is 6.92 Å². The molecule has 5 rings (SSSR count). The van der Waals surface area contributed by atoms with Crippen LogP contribution in [0.5, 0.6) is 0 Å². The van der Waals surface area contributed by atoms with E-state index >= 15 is 0 Å². The molecule has 2 heterocycles. The summed E-state index contributed by atoms with van der Waals surface area (Å²) < 4.78 is 1.59. The van der Waals surface area contributed by atoms with Crippen molar-refractivity contribution in [3.8, 4) is 0 Å². The van der Waals surface area contributed by atoms with Gasteiger partial charge in [-0.15, -0.1) is 11.8 Å². The summed E-state index contributed by atoms with van der Waals surface area (Å²) in [4.78, 5) is 29.0. The molecule has 0 saturated carbocycles. The maximum Gasteiger partial charge on any atom is 0.270 e. The standard InChI is InChI=1S/C26H26N4O2S/c1-16-7-9-17(10-8-16)11-20-14-23(30(3)28-20)25(31)27-21-15-33-24-13-19-6-4-5-18(19)12-22(24)29(2)26(21)32/h4-5,7-10,12-14,21H,6,11,15H2,1-3H3,(H,27,31)/t21-/m0/s1. The minimum atomic E-state index is -0.610. The zero-order valence-electron chi connectivity index (χ0n) is 19.0. The minimum Gasteiger partial charge on any atom is -0.338 e. The van der Waals surface area contributed by atoms with Gasteiger partial charge in [0.15, 0.2) is 0 Å². The van der Waals surface area contributed by atoms with Crippen LogP contribution in [0.3, 0.4) is 0 Å². The zero-order valence-corrected chi connectivity index (χ0v) is 19.8. The number of aromatic nitrogens is 2. The summed E-state index contributed by atoms with van der Waals surface area (Å²) in [5.74, 6) is 0.0878. The van der Waals surface area contributed by atoms with Crippen molar-refractivity contribution < 1.29 is 9.59 Å². The highest BCUT2D eigenvalue weighted by molar-refractivity contribution is 7.99. The van der Waals surface area contributed by atoms with E-state index in [1.807, 2.05) is 0 Å². The summed E-state index contributed by atoms with van der Waals surface area (Å²) in [7, 11) is 3.54. The lowest BCUT2D eigenvalue weighted by molar-refractivity contribution is -0.119. The van der Waals surface area contributed by atoms with Crippen LogP contribution in [-0.2, 0) is 24.7 Å². The van der Waals surface area contributed by atoms with Crippen LogP contribution in [-0.4, -0.2) is 40.4 Å². The lowest BCUT2D eigenvalue weighted by atomic mass is 10.1. The third-order valence-corrected chi connectivity index (χ3v) is 7.36. The minimum absolute atomic E-state index is 0.112. The first-order valence-electron chi connectivity index (χ1n) is 11.0. The number of nitrogens with zero attached hydrogens (tertiary/aromatic N) is 3. The third kappa shape index (κ3) is 4.20. The zero-order chi connectivity index (χ0) is 23.1. The predicted molar refractivity (Wildman–Crippen MR) is 132 cm³/mol. The van der Waals surface area contributed by atoms with Gasteiger partial charge in [-0.05, 0) is 48.2 Å². The average Bonchev–Trinajstić information content (AvgIpc) is 3.39. The highest BCUT2D eigenvalue weighted by Crippen LogP contribution is 2.38. The number of fused-ring (bicyclic) bond motifs is 2. The molecule has 7 heteroatoms. The molecule has 1 N–H and O–H groups in total. The van der Waals surface area contributed by atoms with Crippen molar-refractivity contribution in [2.24, 2.45) is 7.05 Å². The summed E-state index contributed by atoms with van der Waals surface area (Å²) in [5.41, 5.74) is 6.95. The monoisotopic (exact) mass is 458 g/mol. The quantitative estimate of drug-likeness (QED) is 0.647. The molecule has 33 heavy (non-hydrogen) atoms. The molecule has 3 aromatic rings. The van der Waals surface area contributed by atoms with E-state index in [-0.39, 0.29) is 11.8 Å². The van der Waals surface area contributed by atoms with Crippen molar-refractivity contribution in [3.63, 3.8) is 0 Å². The Bertz CT molecular complexity index is 1280. The number of nitrogens with one attached hydrogen (secondary N) is 1. The fourth-order valence-electron chi connectivity index (χ4n) is 4.32. The van der Waals surface area contributed by atoms with Crippen molar-refractivity contribution in [3.05, 3.63) is 82.2 Å². The number of allylic oxidation sites excluding steroid dienone is 1. The molecule has 2 aliphatic rings. The van der Waals surface area contributed by atoms with Crippen molar-refractivity contribution in [2.45, 2.75) is 30.7 Å². The molecular formula is C26H26N4O2S. The van der Waals surface area contributed by atoms with Gasteiger partial charge in [0.1, 0.15) is 11.7 Å². The Hall–Kier alpha value is -3.32. The van der Waals surface area contributed by atoms with E-state index in [9.17, 15) is 9.59 Å². The topological polar surface area (TPSA) is 67.2 Å². The Morgan fingerprint density at radius 3 is 2.76 bits per heavy atom. The van der Waals surface area contributed by atoms with Crippen LogP contribution in [0.2, 0.25) is 0 Å². The molecule has 0 radical (unpaired) electrons. The number of amides is 2. The van der Waals surface area contributed by atoms with E-state index in [2.05, 4.69) is 65.9 Å².